The minimum Gasteiger partial charge on any atom is -0.491 e. The van der Waals surface area contributed by atoms with E-state index in [-0.39, 0.29) is 6.10 Å². The van der Waals surface area contributed by atoms with Crippen molar-refractivity contribution in [3.63, 3.8) is 0 Å². The zero-order chi connectivity index (χ0) is 14.1. The Morgan fingerprint density at radius 3 is 2.80 bits per heavy atom. The van der Waals surface area contributed by atoms with Crippen molar-refractivity contribution in [2.45, 2.75) is 38.7 Å². The zero-order valence-electron chi connectivity index (χ0n) is 11.7. The second kappa shape index (κ2) is 5.37. The van der Waals surface area contributed by atoms with Crippen molar-refractivity contribution in [3.05, 3.63) is 40.8 Å². The lowest BCUT2D eigenvalue weighted by Crippen LogP contribution is -2.05. The molecule has 1 aromatic carbocycles. The maximum Gasteiger partial charge on any atom is 0.130 e. The van der Waals surface area contributed by atoms with Gasteiger partial charge in [0.1, 0.15) is 16.2 Å². The Morgan fingerprint density at radius 2 is 2.10 bits per heavy atom. The summed E-state index contributed by atoms with van der Waals surface area (Å²) >= 11 is 5.27. The number of H-pyrrole nitrogens is 1. The van der Waals surface area contributed by atoms with Gasteiger partial charge < -0.3 is 9.72 Å². The van der Waals surface area contributed by atoms with E-state index in [2.05, 4.69) is 16.0 Å². The molecule has 0 atom stereocenters. The van der Waals surface area contributed by atoms with Crippen LogP contribution < -0.4 is 4.74 Å². The molecule has 0 spiro atoms. The number of aromatic amines is 1. The Kier molecular flexibility index (Phi) is 3.57. The van der Waals surface area contributed by atoms with Crippen LogP contribution in [0.5, 0.6) is 5.75 Å². The fourth-order valence-corrected chi connectivity index (χ4v) is 2.41. The molecule has 2 aromatic rings. The molecule has 1 heterocycles. The van der Waals surface area contributed by atoms with Gasteiger partial charge in [-0.1, -0.05) is 24.4 Å². The molecular weight excluding hydrogens is 268 g/mol. The van der Waals surface area contributed by atoms with Gasteiger partial charge in [0.15, 0.2) is 0 Å². The van der Waals surface area contributed by atoms with Crippen LogP contribution in [0.3, 0.4) is 0 Å². The molecule has 1 aliphatic carbocycles. The number of hydrogen-bond acceptors (Lipinski definition) is 3. The van der Waals surface area contributed by atoms with E-state index in [1.165, 1.54) is 12.8 Å². The van der Waals surface area contributed by atoms with E-state index < -0.39 is 0 Å². The topological polar surface area (TPSA) is 37.9 Å². The highest BCUT2D eigenvalue weighted by molar-refractivity contribution is 7.71. The van der Waals surface area contributed by atoms with Crippen molar-refractivity contribution < 1.29 is 4.74 Å². The number of ether oxygens (including phenoxy) is 1. The van der Waals surface area contributed by atoms with Gasteiger partial charge in [-0.25, -0.2) is 4.98 Å². The summed E-state index contributed by atoms with van der Waals surface area (Å²) in [5, 5.41) is 0. The second-order valence-electron chi connectivity index (χ2n) is 5.49. The van der Waals surface area contributed by atoms with Gasteiger partial charge in [0, 0.05) is 17.2 Å². The van der Waals surface area contributed by atoms with Gasteiger partial charge >= 0.3 is 0 Å². The van der Waals surface area contributed by atoms with Crippen molar-refractivity contribution in [2.75, 3.05) is 0 Å². The van der Waals surface area contributed by atoms with Crippen LogP contribution in [0.4, 0.5) is 0 Å². The summed E-state index contributed by atoms with van der Waals surface area (Å²) in [5.74, 6) is 2.45. The fraction of sp³-hybridized carbons (Fsp3) is 0.375. The van der Waals surface area contributed by atoms with Crippen molar-refractivity contribution >= 4 is 12.2 Å². The standard InChI is InChI=1S/C16H18N2OS/c1-10(2)19-13-5-3-4-12(8-13)14-9-15(20)18-16(17-14)11-6-7-11/h3-5,8-11H,6-7H2,1-2H3,(H,17,18,20). The molecule has 0 saturated heterocycles. The lowest BCUT2D eigenvalue weighted by Gasteiger charge is -2.11. The molecule has 4 heteroatoms. The SMILES string of the molecule is CC(C)Oc1cccc(-c2cc(=S)nc(C3CC3)[nH]2)c1. The van der Waals surface area contributed by atoms with Gasteiger partial charge in [-0.05, 0) is 44.9 Å². The summed E-state index contributed by atoms with van der Waals surface area (Å²) in [6.45, 7) is 4.05. The first kappa shape index (κ1) is 13.3. The van der Waals surface area contributed by atoms with E-state index in [1.54, 1.807) is 0 Å². The average Bonchev–Trinajstić information content (AvgIpc) is 3.22. The predicted octanol–water partition coefficient (Wildman–Crippen LogP) is 4.47. The Hall–Kier alpha value is -1.68. The van der Waals surface area contributed by atoms with Gasteiger partial charge in [0.2, 0.25) is 0 Å². The summed E-state index contributed by atoms with van der Waals surface area (Å²) in [7, 11) is 0. The van der Waals surface area contributed by atoms with Crippen LogP contribution in [0.15, 0.2) is 30.3 Å². The van der Waals surface area contributed by atoms with Gasteiger partial charge in [0.05, 0.1) is 6.10 Å². The molecule has 3 nitrogen and oxygen atoms in total. The van der Waals surface area contributed by atoms with Crippen LogP contribution in [0, 0.1) is 4.64 Å². The first-order valence-electron chi connectivity index (χ1n) is 7.00. The van der Waals surface area contributed by atoms with Gasteiger partial charge in [-0.15, -0.1) is 0 Å². The van der Waals surface area contributed by atoms with E-state index >= 15 is 0 Å². The molecule has 1 fully saturated rings. The lowest BCUT2D eigenvalue weighted by atomic mass is 10.1. The molecule has 20 heavy (non-hydrogen) atoms. The molecule has 1 N–H and O–H groups in total. The summed E-state index contributed by atoms with van der Waals surface area (Å²) in [6.07, 6.45) is 2.58. The molecule has 3 rings (SSSR count). The molecule has 104 valence electrons. The van der Waals surface area contributed by atoms with E-state index in [0.29, 0.717) is 10.6 Å². The molecule has 0 radical (unpaired) electrons. The molecule has 0 bridgehead atoms. The Bertz CT molecular complexity index is 674. The highest BCUT2D eigenvalue weighted by Gasteiger charge is 2.26. The largest absolute Gasteiger partial charge is 0.491 e. The smallest absolute Gasteiger partial charge is 0.130 e. The second-order valence-corrected chi connectivity index (χ2v) is 5.91. The van der Waals surface area contributed by atoms with Crippen LogP contribution in [-0.4, -0.2) is 16.1 Å². The third-order valence-corrected chi connectivity index (χ3v) is 3.45. The minimum absolute atomic E-state index is 0.170. The third kappa shape index (κ3) is 3.07. The van der Waals surface area contributed by atoms with E-state index in [0.717, 1.165) is 22.8 Å². The van der Waals surface area contributed by atoms with E-state index in [9.17, 15) is 0 Å². The Labute approximate surface area is 124 Å². The summed E-state index contributed by atoms with van der Waals surface area (Å²) < 4.78 is 6.39. The molecule has 1 aromatic heterocycles. The highest BCUT2D eigenvalue weighted by atomic mass is 32.1. The van der Waals surface area contributed by atoms with Crippen LogP contribution in [0.2, 0.25) is 0 Å². The minimum atomic E-state index is 0.170. The Balaban J connectivity index is 1.97. The zero-order valence-corrected chi connectivity index (χ0v) is 12.5. The van der Waals surface area contributed by atoms with Gasteiger partial charge in [-0.3, -0.25) is 0 Å². The average molecular weight is 286 g/mol. The predicted molar refractivity (Wildman–Crippen MR) is 82.6 cm³/mol. The molecule has 0 amide bonds. The number of nitrogens with zero attached hydrogens (tertiary/aromatic N) is 1. The van der Waals surface area contributed by atoms with Crippen molar-refractivity contribution in [3.8, 4) is 17.0 Å². The normalized spacial score (nSPS) is 14.6. The number of aromatic nitrogens is 2. The summed E-state index contributed by atoms with van der Waals surface area (Å²) in [6, 6.07) is 9.99. The van der Waals surface area contributed by atoms with Crippen molar-refractivity contribution in [2.24, 2.45) is 0 Å². The van der Waals surface area contributed by atoms with E-state index in [4.69, 9.17) is 17.0 Å². The third-order valence-electron chi connectivity index (χ3n) is 3.24. The first-order chi connectivity index (χ1) is 9.61. The Morgan fingerprint density at radius 1 is 1.30 bits per heavy atom. The summed E-state index contributed by atoms with van der Waals surface area (Å²) in [5.41, 5.74) is 2.10. The number of benzene rings is 1. The van der Waals surface area contributed by atoms with Crippen LogP contribution in [0.25, 0.3) is 11.3 Å². The van der Waals surface area contributed by atoms with Crippen molar-refractivity contribution in [1.29, 1.82) is 0 Å². The highest BCUT2D eigenvalue weighted by Crippen LogP contribution is 2.38. The molecular formula is C16H18N2OS. The number of rotatable bonds is 4. The summed E-state index contributed by atoms with van der Waals surface area (Å²) in [4.78, 5) is 7.83. The van der Waals surface area contributed by atoms with E-state index in [1.807, 2.05) is 38.1 Å². The number of hydrogen-bond donors (Lipinski definition) is 1. The van der Waals surface area contributed by atoms with Gasteiger partial charge in [-0.2, -0.15) is 0 Å². The molecule has 0 unspecified atom stereocenters. The van der Waals surface area contributed by atoms with Crippen molar-refractivity contribution in [1.82, 2.24) is 9.97 Å². The monoisotopic (exact) mass is 286 g/mol. The van der Waals surface area contributed by atoms with Crippen LogP contribution in [0.1, 0.15) is 38.4 Å². The number of nitrogens with one attached hydrogen (secondary N) is 1. The fourth-order valence-electron chi connectivity index (χ4n) is 2.19. The maximum absolute atomic E-state index is 5.74. The maximum atomic E-state index is 5.74. The lowest BCUT2D eigenvalue weighted by molar-refractivity contribution is 0.242. The quantitative estimate of drug-likeness (QED) is 0.843. The molecule has 1 saturated carbocycles. The van der Waals surface area contributed by atoms with Crippen LogP contribution in [-0.2, 0) is 0 Å². The molecule has 1 aliphatic rings. The van der Waals surface area contributed by atoms with Gasteiger partial charge in [0.25, 0.3) is 0 Å². The van der Waals surface area contributed by atoms with Crippen LogP contribution >= 0.6 is 12.2 Å². The molecule has 0 aliphatic heterocycles. The first-order valence-corrected chi connectivity index (χ1v) is 7.41.